The first kappa shape index (κ1) is 59.0. The molecule has 14 N–H and O–H groups in total. The van der Waals surface area contributed by atoms with E-state index < -0.39 is 154 Å². The number of aliphatic hydroxyl groups is 3. The predicted molar refractivity (Wildman–Crippen MR) is 261 cm³/mol. The molecule has 438 valence electrons. The molecule has 6 aromatic rings. The second kappa shape index (κ2) is 22.3. The van der Waals surface area contributed by atoms with Crippen molar-refractivity contribution in [2.75, 3.05) is 57.8 Å². The highest BCUT2D eigenvalue weighted by atomic mass is 31.3. The monoisotopic (exact) mass is 1210 g/mol. The van der Waals surface area contributed by atoms with Gasteiger partial charge in [0.1, 0.15) is 56.1 Å². The zero-order valence-electron chi connectivity index (χ0n) is 41.8. The summed E-state index contributed by atoms with van der Waals surface area (Å²) in [6, 6.07) is 0. The summed E-state index contributed by atoms with van der Waals surface area (Å²) in [6.45, 7) is -2.31. The van der Waals surface area contributed by atoms with Gasteiger partial charge in [-0.1, -0.05) is 4.98 Å². The third kappa shape index (κ3) is 12.0. The van der Waals surface area contributed by atoms with E-state index in [0.29, 0.717) is 0 Å². The summed E-state index contributed by atoms with van der Waals surface area (Å²) in [4.78, 5) is 114. The number of nitrogen functional groups attached to an aromatic ring is 3. The first-order valence-corrected chi connectivity index (χ1v) is 29.5. The van der Waals surface area contributed by atoms with Crippen LogP contribution in [0.2, 0.25) is 0 Å². The molecule has 43 heteroatoms. The zero-order chi connectivity index (χ0) is 58.1. The third-order valence-corrected chi connectivity index (χ3v) is 18.6. The molecule has 9 rings (SSSR count). The highest BCUT2D eigenvalue weighted by Gasteiger charge is 2.53. The van der Waals surface area contributed by atoms with Gasteiger partial charge in [-0.2, -0.15) is 13.6 Å². The van der Waals surface area contributed by atoms with Crippen molar-refractivity contribution in [1.29, 1.82) is 0 Å². The fourth-order valence-corrected chi connectivity index (χ4v) is 14.1. The number of phosphoric acid groups is 3. The number of nitrogens with two attached hydrogens (primary N) is 3. The molecule has 3 aliphatic rings. The van der Waals surface area contributed by atoms with Crippen LogP contribution in [0.5, 0.6) is 0 Å². The number of rotatable bonds is 21. The SMILES string of the molecule is CO[C@@H]1[C@H](OP(=O)([O-])CC[C@H]2O[C@@H](n3cnc4c(=O)[nH]c(N)nc43)[C@H](O)[C@@H]2O)[C@@H](COP(=O)(O)OP(=O)(O)OP(=O)(O)OC[C@H]2O[C@@H]([n+]3cn(C)c4c(=O)[nH]c(N)nc43)[C@H](O)[C@@H]2CC(=O)N(C)C)O[C@H]1n1cnc2c(N)ncnc21. The molecular weight excluding hydrogens is 1160 g/mol. The summed E-state index contributed by atoms with van der Waals surface area (Å²) in [5.41, 5.74) is 15.7. The van der Waals surface area contributed by atoms with E-state index in [1.165, 1.54) is 46.1 Å². The van der Waals surface area contributed by atoms with Crippen molar-refractivity contribution in [3.8, 4) is 0 Å². The predicted octanol–water partition coefficient (Wildman–Crippen LogP) is -4.15. The molecule has 80 heavy (non-hydrogen) atoms. The largest absolute Gasteiger partial charge is 0.778 e. The van der Waals surface area contributed by atoms with Crippen molar-refractivity contribution in [1.82, 2.24) is 58.5 Å². The lowest BCUT2D eigenvalue weighted by Gasteiger charge is -2.32. The molecule has 0 spiro atoms. The summed E-state index contributed by atoms with van der Waals surface area (Å²) < 4.78 is 106. The van der Waals surface area contributed by atoms with Gasteiger partial charge in [-0.3, -0.25) is 47.1 Å². The van der Waals surface area contributed by atoms with Crippen LogP contribution in [0.25, 0.3) is 33.5 Å². The molecule has 0 radical (unpaired) electrons. The quantitative estimate of drug-likeness (QED) is 0.0241. The van der Waals surface area contributed by atoms with Gasteiger partial charge in [0, 0.05) is 39.7 Å². The van der Waals surface area contributed by atoms with Crippen molar-refractivity contribution in [3.05, 3.63) is 46.0 Å². The number of imidazole rings is 3. The smallest absolute Gasteiger partial charge is 0.490 e. The maximum absolute atomic E-state index is 13.9. The number of nitrogens with zero attached hydrogens (tertiary/aromatic N) is 11. The summed E-state index contributed by atoms with van der Waals surface area (Å²) in [5.74, 6) is -2.47. The Kier molecular flexibility index (Phi) is 16.4. The van der Waals surface area contributed by atoms with Crippen LogP contribution in [0.15, 0.2) is 34.9 Å². The second-order valence-corrected chi connectivity index (χ2v) is 25.0. The molecule has 1 amide bonds. The molecule has 0 aromatic carbocycles. The Bertz CT molecular complexity index is 3650. The number of aryl methyl sites for hydroxylation is 1. The van der Waals surface area contributed by atoms with E-state index in [2.05, 4.69) is 48.5 Å². The Labute approximate surface area is 446 Å². The number of phosphoric ester groups is 2. The van der Waals surface area contributed by atoms with Crippen LogP contribution in [0.1, 0.15) is 31.5 Å². The Morgan fingerprint density at radius 2 is 1.40 bits per heavy atom. The number of nitrogens with one attached hydrogen (secondary N) is 2. The number of hydrogen-bond acceptors (Lipinski definition) is 29. The fraction of sp³-hybridized carbons (Fsp3) is 0.568. The minimum absolute atomic E-state index is 0.00643. The van der Waals surface area contributed by atoms with Crippen LogP contribution < -0.4 is 37.8 Å². The molecule has 3 fully saturated rings. The normalized spacial score (nSPS) is 29.2. The third-order valence-electron chi connectivity index (χ3n) is 13.0. The topological polar surface area (TPSA) is 556 Å². The highest BCUT2D eigenvalue weighted by Crippen LogP contribution is 2.68. The summed E-state index contributed by atoms with van der Waals surface area (Å²) >= 11 is 0. The van der Waals surface area contributed by atoms with Gasteiger partial charge in [0.2, 0.25) is 23.6 Å². The molecule has 3 saturated heterocycles. The Balaban J connectivity index is 0.879. The molecule has 0 saturated carbocycles. The van der Waals surface area contributed by atoms with Crippen LogP contribution in [0.3, 0.4) is 0 Å². The lowest BCUT2D eigenvalue weighted by atomic mass is 9.94. The summed E-state index contributed by atoms with van der Waals surface area (Å²) in [6.07, 6.45) is -14.8. The van der Waals surface area contributed by atoms with Crippen molar-refractivity contribution < 1.29 is 104 Å². The van der Waals surface area contributed by atoms with Crippen molar-refractivity contribution in [2.45, 2.75) is 80.4 Å². The number of methoxy groups -OCH3 is 1. The Hall–Kier alpha value is -5.60. The number of carbonyl (C=O) groups excluding carboxylic acids is 1. The lowest BCUT2D eigenvalue weighted by Crippen LogP contribution is -2.45. The van der Waals surface area contributed by atoms with Gasteiger partial charge in [-0.05, 0) is 6.42 Å². The molecule has 3 aliphatic heterocycles. The van der Waals surface area contributed by atoms with Crippen molar-refractivity contribution in [3.63, 3.8) is 0 Å². The number of H-pyrrole nitrogens is 2. The standard InChI is InChI=1S/C37H52N16O23P4/c1-49(2)18(54)7-14-16(72-33(22(14)55)53-13-50(3)21-30(53)46-37(40)48-32(21)59)8-69-78(62,63)75-80(66,67)76-79(64,65)70-9-17-25(26(68-4)35(73-17)51-11-43-19-27(38)41-10-42-28(19)51)74-77(60,61)6-5-15-23(56)24(57)34(71-15)52-12-44-20-29(52)45-36(39)47-31(20)58/h10-17,22-26,33-35,55-57H,5-9H2,1-4H3,(H11-,38,39,40,41,42,45,46,47,48,58,59,60,61,62,63,64,65,66,67)/t14-,15-,16-,17-,22-,23-,24-,25-,26-,33-,34-,35-/m1/s1. The zero-order valence-corrected chi connectivity index (χ0v) is 45.4. The molecule has 9 heterocycles. The molecule has 0 bridgehead atoms. The van der Waals surface area contributed by atoms with Crippen LogP contribution in [0, 0.1) is 5.92 Å². The first-order chi connectivity index (χ1) is 37.5. The van der Waals surface area contributed by atoms with Gasteiger partial charge >= 0.3 is 29.1 Å². The van der Waals surface area contributed by atoms with Crippen LogP contribution in [-0.4, -0.2) is 184 Å². The average Bonchev–Trinajstić information content (AvgIpc) is 4.23. The van der Waals surface area contributed by atoms with E-state index in [9.17, 15) is 67.5 Å². The second-order valence-electron chi connectivity index (χ2n) is 18.5. The van der Waals surface area contributed by atoms with E-state index in [1.54, 1.807) is 0 Å². The van der Waals surface area contributed by atoms with E-state index >= 15 is 0 Å². The van der Waals surface area contributed by atoms with Gasteiger partial charge < -0.3 is 85.0 Å². The number of carbonyl (C=O) groups is 1. The number of hydrogen-bond donors (Lipinski definition) is 11. The fourth-order valence-electron chi connectivity index (χ4n) is 9.29. The van der Waals surface area contributed by atoms with Crippen LogP contribution in [0.4, 0.5) is 17.7 Å². The molecule has 6 aromatic heterocycles. The molecule has 16 atom stereocenters. The van der Waals surface area contributed by atoms with E-state index in [4.69, 9.17) is 49.7 Å². The van der Waals surface area contributed by atoms with Crippen LogP contribution in [-0.2, 0) is 71.2 Å². The molecular formula is C37H52N16O23P4. The lowest BCUT2D eigenvalue weighted by molar-refractivity contribution is -0.745. The van der Waals surface area contributed by atoms with Gasteiger partial charge in [0.15, 0.2) is 41.4 Å². The maximum atomic E-state index is 13.9. The Morgan fingerprint density at radius 1 is 0.787 bits per heavy atom. The van der Waals surface area contributed by atoms with Crippen molar-refractivity contribution >= 4 is 88.2 Å². The molecule has 0 aliphatic carbocycles. The average molecular weight is 1210 g/mol. The van der Waals surface area contributed by atoms with E-state index in [0.717, 1.165) is 30.7 Å². The van der Waals surface area contributed by atoms with Crippen LogP contribution >= 0.6 is 31.1 Å². The van der Waals surface area contributed by atoms with Gasteiger partial charge in [-0.25, -0.2) is 38.2 Å². The minimum atomic E-state index is -6.23. The first-order valence-electron chi connectivity index (χ1n) is 23.3. The molecule has 4 unspecified atom stereocenters. The number of aromatic nitrogens is 12. The van der Waals surface area contributed by atoms with Gasteiger partial charge in [-0.15, -0.1) is 0 Å². The van der Waals surface area contributed by atoms with E-state index in [-0.39, 0.29) is 51.2 Å². The Morgan fingerprint density at radius 3 is 2.06 bits per heavy atom. The maximum Gasteiger partial charge on any atom is 0.490 e. The minimum Gasteiger partial charge on any atom is -0.778 e. The number of ether oxygens (including phenoxy) is 4. The summed E-state index contributed by atoms with van der Waals surface area (Å²) in [5, 5.41) is 33.4. The number of anilines is 3. The van der Waals surface area contributed by atoms with E-state index in [1.807, 2.05) is 0 Å². The molecule has 39 nitrogen and oxygen atoms in total. The summed E-state index contributed by atoms with van der Waals surface area (Å²) in [7, 11) is -17.9. The number of aromatic amines is 2. The number of amides is 1. The van der Waals surface area contributed by atoms with Crippen molar-refractivity contribution in [2.24, 2.45) is 13.0 Å². The highest BCUT2D eigenvalue weighted by molar-refractivity contribution is 7.66. The number of aliphatic hydroxyl groups excluding tert-OH is 3. The van der Waals surface area contributed by atoms with Gasteiger partial charge in [0.05, 0.1) is 45.1 Å². The number of fused-ring (bicyclic) bond motifs is 3. The van der Waals surface area contributed by atoms with Gasteiger partial charge in [0.25, 0.3) is 17.1 Å².